The van der Waals surface area contributed by atoms with Crippen LogP contribution >= 0.6 is 0 Å². The molecule has 1 aromatic rings. The van der Waals surface area contributed by atoms with Crippen LogP contribution in [0.5, 0.6) is 0 Å². The van der Waals surface area contributed by atoms with E-state index in [2.05, 4.69) is 10.2 Å². The third-order valence-electron chi connectivity index (χ3n) is 3.44. The standard InChI is InChI=1S/C14H21FN2O/c1-16-8-12-7-13(15)3-4-14(12)17-6-5-11(9-17)10-18-2/h3-4,7,11,16H,5-6,8-10H2,1-2H3. The number of hydrogen-bond donors (Lipinski definition) is 1. The lowest BCUT2D eigenvalue weighted by molar-refractivity contribution is 0.161. The van der Waals surface area contributed by atoms with Crippen molar-refractivity contribution >= 4 is 5.69 Å². The number of hydrogen-bond acceptors (Lipinski definition) is 3. The number of methoxy groups -OCH3 is 1. The second-order valence-corrected chi connectivity index (χ2v) is 4.86. The number of halogens is 1. The van der Waals surface area contributed by atoms with Crippen molar-refractivity contribution in [3.63, 3.8) is 0 Å². The quantitative estimate of drug-likeness (QED) is 0.867. The van der Waals surface area contributed by atoms with E-state index in [0.29, 0.717) is 12.5 Å². The van der Waals surface area contributed by atoms with Crippen LogP contribution in [0.3, 0.4) is 0 Å². The second kappa shape index (κ2) is 6.16. The van der Waals surface area contributed by atoms with Crippen LogP contribution in [0.4, 0.5) is 10.1 Å². The van der Waals surface area contributed by atoms with Crippen molar-refractivity contribution in [1.29, 1.82) is 0 Å². The summed E-state index contributed by atoms with van der Waals surface area (Å²) in [5.41, 5.74) is 2.17. The fourth-order valence-corrected chi connectivity index (χ4v) is 2.62. The normalized spacial score (nSPS) is 19.5. The van der Waals surface area contributed by atoms with E-state index in [-0.39, 0.29) is 5.82 Å². The van der Waals surface area contributed by atoms with Gasteiger partial charge in [-0.3, -0.25) is 0 Å². The molecule has 0 spiro atoms. The summed E-state index contributed by atoms with van der Waals surface area (Å²) in [5, 5.41) is 3.09. The van der Waals surface area contributed by atoms with Crippen molar-refractivity contribution in [3.8, 4) is 0 Å². The molecule has 1 fully saturated rings. The average Bonchev–Trinajstić information content (AvgIpc) is 2.79. The van der Waals surface area contributed by atoms with Gasteiger partial charge in [0.05, 0.1) is 6.61 Å². The lowest BCUT2D eigenvalue weighted by Gasteiger charge is -2.22. The van der Waals surface area contributed by atoms with E-state index in [4.69, 9.17) is 4.74 Å². The summed E-state index contributed by atoms with van der Waals surface area (Å²) in [7, 11) is 3.62. The lowest BCUT2D eigenvalue weighted by atomic mass is 10.1. The summed E-state index contributed by atoms with van der Waals surface area (Å²) in [5.74, 6) is 0.416. The van der Waals surface area contributed by atoms with E-state index in [1.807, 2.05) is 13.1 Å². The lowest BCUT2D eigenvalue weighted by Crippen LogP contribution is -2.23. The maximum absolute atomic E-state index is 13.3. The van der Waals surface area contributed by atoms with Crippen molar-refractivity contribution in [2.45, 2.75) is 13.0 Å². The first-order valence-electron chi connectivity index (χ1n) is 6.41. The molecule has 1 aliphatic rings. The topological polar surface area (TPSA) is 24.5 Å². The first-order valence-corrected chi connectivity index (χ1v) is 6.41. The minimum Gasteiger partial charge on any atom is -0.384 e. The predicted molar refractivity (Wildman–Crippen MR) is 71.4 cm³/mol. The van der Waals surface area contributed by atoms with Crippen molar-refractivity contribution < 1.29 is 9.13 Å². The Labute approximate surface area is 108 Å². The Bertz CT molecular complexity index is 397. The first kappa shape index (κ1) is 13.3. The monoisotopic (exact) mass is 252 g/mol. The van der Waals surface area contributed by atoms with Gasteiger partial charge in [-0.2, -0.15) is 0 Å². The fourth-order valence-electron chi connectivity index (χ4n) is 2.62. The molecule has 4 heteroatoms. The van der Waals surface area contributed by atoms with Gasteiger partial charge < -0.3 is 15.0 Å². The third-order valence-corrected chi connectivity index (χ3v) is 3.44. The van der Waals surface area contributed by atoms with E-state index in [9.17, 15) is 4.39 Å². The van der Waals surface area contributed by atoms with Crippen molar-refractivity contribution in [1.82, 2.24) is 5.32 Å². The molecule has 2 rings (SSSR count). The molecular weight excluding hydrogens is 231 g/mol. The van der Waals surface area contributed by atoms with E-state index in [1.165, 1.54) is 6.07 Å². The molecule has 0 aromatic heterocycles. The van der Waals surface area contributed by atoms with E-state index >= 15 is 0 Å². The van der Waals surface area contributed by atoms with E-state index < -0.39 is 0 Å². The molecule has 3 nitrogen and oxygen atoms in total. The van der Waals surface area contributed by atoms with Gasteiger partial charge in [-0.25, -0.2) is 4.39 Å². The Hall–Kier alpha value is -1.13. The molecule has 1 N–H and O–H groups in total. The van der Waals surface area contributed by atoms with Gasteiger partial charge in [0.2, 0.25) is 0 Å². The molecule has 1 aromatic carbocycles. The molecule has 1 aliphatic heterocycles. The third kappa shape index (κ3) is 3.00. The van der Waals surface area contributed by atoms with Gasteiger partial charge in [0.1, 0.15) is 5.82 Å². The van der Waals surface area contributed by atoms with Gasteiger partial charge in [-0.15, -0.1) is 0 Å². The number of rotatable bonds is 5. The molecule has 0 amide bonds. The van der Waals surface area contributed by atoms with Gasteiger partial charge in [-0.05, 0) is 37.2 Å². The first-order chi connectivity index (χ1) is 8.74. The zero-order valence-corrected chi connectivity index (χ0v) is 11.1. The molecular formula is C14H21FN2O. The Morgan fingerprint density at radius 3 is 3.06 bits per heavy atom. The number of ether oxygens (including phenoxy) is 1. The predicted octanol–water partition coefficient (Wildman–Crippen LogP) is 2.02. The van der Waals surface area contributed by atoms with Crippen LogP contribution in [0.15, 0.2) is 18.2 Å². The highest BCUT2D eigenvalue weighted by molar-refractivity contribution is 5.54. The van der Waals surface area contributed by atoms with Gasteiger partial charge in [0.15, 0.2) is 0 Å². The van der Waals surface area contributed by atoms with E-state index in [0.717, 1.165) is 37.4 Å². The Morgan fingerprint density at radius 2 is 2.33 bits per heavy atom. The van der Waals surface area contributed by atoms with Crippen LogP contribution in [0.25, 0.3) is 0 Å². The highest BCUT2D eigenvalue weighted by Gasteiger charge is 2.24. The number of benzene rings is 1. The minimum absolute atomic E-state index is 0.170. The molecule has 100 valence electrons. The molecule has 0 aliphatic carbocycles. The summed E-state index contributed by atoms with van der Waals surface area (Å²) < 4.78 is 18.5. The van der Waals surface area contributed by atoms with Crippen LogP contribution in [0, 0.1) is 11.7 Å². The van der Waals surface area contributed by atoms with Crippen molar-refractivity contribution in [3.05, 3.63) is 29.6 Å². The molecule has 0 radical (unpaired) electrons. The fraction of sp³-hybridized carbons (Fsp3) is 0.571. The maximum atomic E-state index is 13.3. The van der Waals surface area contributed by atoms with Gasteiger partial charge >= 0.3 is 0 Å². The highest BCUT2D eigenvalue weighted by Crippen LogP contribution is 2.27. The smallest absolute Gasteiger partial charge is 0.123 e. The molecule has 18 heavy (non-hydrogen) atoms. The van der Waals surface area contributed by atoms with E-state index in [1.54, 1.807) is 13.2 Å². The number of nitrogens with zero attached hydrogens (tertiary/aromatic N) is 1. The zero-order chi connectivity index (χ0) is 13.0. The van der Waals surface area contributed by atoms with Crippen LogP contribution in [0.2, 0.25) is 0 Å². The molecule has 0 saturated carbocycles. The average molecular weight is 252 g/mol. The Kier molecular flexibility index (Phi) is 4.55. The Morgan fingerprint density at radius 1 is 1.50 bits per heavy atom. The summed E-state index contributed by atoms with van der Waals surface area (Å²) in [6, 6.07) is 5.05. The van der Waals surface area contributed by atoms with Gasteiger partial charge in [0, 0.05) is 38.3 Å². The van der Waals surface area contributed by atoms with Crippen LogP contribution < -0.4 is 10.2 Å². The largest absolute Gasteiger partial charge is 0.384 e. The van der Waals surface area contributed by atoms with Crippen LogP contribution in [0.1, 0.15) is 12.0 Å². The number of nitrogens with one attached hydrogen (secondary N) is 1. The van der Waals surface area contributed by atoms with Gasteiger partial charge in [-0.1, -0.05) is 0 Å². The zero-order valence-electron chi connectivity index (χ0n) is 11.1. The highest BCUT2D eigenvalue weighted by atomic mass is 19.1. The molecule has 1 atom stereocenters. The molecule has 1 unspecified atom stereocenters. The number of anilines is 1. The van der Waals surface area contributed by atoms with Crippen LogP contribution in [-0.2, 0) is 11.3 Å². The van der Waals surface area contributed by atoms with Crippen molar-refractivity contribution in [2.75, 3.05) is 38.8 Å². The SMILES string of the molecule is CNCc1cc(F)ccc1N1CCC(COC)C1. The van der Waals surface area contributed by atoms with Gasteiger partial charge in [0.25, 0.3) is 0 Å². The molecule has 1 heterocycles. The summed E-state index contributed by atoms with van der Waals surface area (Å²) in [6.07, 6.45) is 1.14. The van der Waals surface area contributed by atoms with Crippen LogP contribution in [-0.4, -0.2) is 33.9 Å². The maximum Gasteiger partial charge on any atom is 0.123 e. The van der Waals surface area contributed by atoms with Crippen molar-refractivity contribution in [2.24, 2.45) is 5.92 Å². The second-order valence-electron chi connectivity index (χ2n) is 4.86. The minimum atomic E-state index is -0.170. The summed E-state index contributed by atoms with van der Waals surface area (Å²) in [6.45, 7) is 3.52. The summed E-state index contributed by atoms with van der Waals surface area (Å²) in [4.78, 5) is 2.33. The summed E-state index contributed by atoms with van der Waals surface area (Å²) >= 11 is 0. The Balaban J connectivity index is 2.13. The molecule has 1 saturated heterocycles. The molecule has 0 bridgehead atoms.